The second-order valence-electron chi connectivity index (χ2n) is 7.07. The van der Waals surface area contributed by atoms with Crippen molar-refractivity contribution in [2.24, 2.45) is 0 Å². The first-order valence-corrected chi connectivity index (χ1v) is 9.37. The van der Waals surface area contributed by atoms with Gasteiger partial charge in [-0.25, -0.2) is 8.78 Å². The van der Waals surface area contributed by atoms with E-state index in [4.69, 9.17) is 16.3 Å². The molecule has 0 aliphatic rings. The number of halogens is 3. The Morgan fingerprint density at radius 3 is 2.36 bits per heavy atom. The van der Waals surface area contributed by atoms with Crippen molar-refractivity contribution in [2.45, 2.75) is 25.7 Å². The normalized spacial score (nSPS) is 12.1. The van der Waals surface area contributed by atoms with E-state index in [0.29, 0.717) is 17.2 Å². The third-order valence-corrected chi connectivity index (χ3v) is 4.90. The summed E-state index contributed by atoms with van der Waals surface area (Å²) in [6.45, 7) is 3.63. The van der Waals surface area contributed by atoms with Crippen molar-refractivity contribution in [3.8, 4) is 11.5 Å². The summed E-state index contributed by atoms with van der Waals surface area (Å²) >= 11 is 5.92. The van der Waals surface area contributed by atoms with Gasteiger partial charge in [0.1, 0.15) is 11.6 Å². The van der Waals surface area contributed by atoms with Gasteiger partial charge in [0, 0.05) is 10.4 Å². The lowest BCUT2D eigenvalue weighted by Gasteiger charge is -2.23. The van der Waals surface area contributed by atoms with Crippen LogP contribution in [0.1, 0.15) is 25.0 Å². The fourth-order valence-electron chi connectivity index (χ4n) is 2.84. The maximum absolute atomic E-state index is 14.9. The quantitative estimate of drug-likeness (QED) is 0.414. The van der Waals surface area contributed by atoms with Gasteiger partial charge in [0.05, 0.1) is 0 Å². The predicted molar refractivity (Wildman–Crippen MR) is 110 cm³/mol. The van der Waals surface area contributed by atoms with E-state index in [0.717, 1.165) is 11.1 Å². The highest BCUT2D eigenvalue weighted by Gasteiger charge is 2.26. The van der Waals surface area contributed by atoms with Crippen molar-refractivity contribution in [1.29, 1.82) is 0 Å². The van der Waals surface area contributed by atoms with Crippen LogP contribution in [0.2, 0.25) is 5.02 Å². The molecule has 0 radical (unpaired) electrons. The van der Waals surface area contributed by atoms with Crippen LogP contribution >= 0.6 is 11.6 Å². The molecule has 0 heterocycles. The Morgan fingerprint density at radius 1 is 1.00 bits per heavy atom. The van der Waals surface area contributed by atoms with E-state index in [1.54, 1.807) is 36.4 Å². The monoisotopic (exact) mass is 398 g/mol. The highest BCUT2D eigenvalue weighted by Crippen LogP contribution is 2.33. The van der Waals surface area contributed by atoms with Crippen LogP contribution < -0.4 is 4.74 Å². The zero-order valence-electron chi connectivity index (χ0n) is 15.8. The molecule has 0 N–H and O–H groups in total. The molecule has 144 valence electrons. The summed E-state index contributed by atoms with van der Waals surface area (Å²) in [7, 11) is 0. The van der Waals surface area contributed by atoms with E-state index < -0.39 is 11.2 Å². The fraction of sp³-hybridized carbons (Fsp3) is 0.167. The highest BCUT2D eigenvalue weighted by atomic mass is 35.5. The lowest BCUT2D eigenvalue weighted by Crippen LogP contribution is -2.18. The predicted octanol–water partition coefficient (Wildman–Crippen LogP) is 7.65. The molecule has 0 aliphatic heterocycles. The number of ether oxygens (including phenoxy) is 1. The molecule has 0 saturated carbocycles. The standard InChI is InChI=1S/C24H21ClF2O/c1-24(2,18-10-12-19(25)13-11-18)23(27)15-9-17-8-14-21(26)22(16-17)28-20-6-4-3-5-7-20/h3-8,10-16H,9H2,1-2H3. The van der Waals surface area contributed by atoms with Crippen molar-refractivity contribution in [1.82, 2.24) is 0 Å². The molecule has 0 unspecified atom stereocenters. The van der Waals surface area contributed by atoms with Crippen LogP contribution in [0.25, 0.3) is 0 Å². The molecule has 0 atom stereocenters. The Kier molecular flexibility index (Phi) is 6.15. The number of hydrogen-bond donors (Lipinski definition) is 0. The third-order valence-electron chi connectivity index (χ3n) is 4.65. The summed E-state index contributed by atoms with van der Waals surface area (Å²) in [5.41, 5.74) is 0.806. The molecule has 0 saturated heterocycles. The lowest BCUT2D eigenvalue weighted by atomic mass is 9.83. The van der Waals surface area contributed by atoms with E-state index in [2.05, 4.69) is 0 Å². The van der Waals surface area contributed by atoms with E-state index in [9.17, 15) is 8.78 Å². The van der Waals surface area contributed by atoms with Crippen LogP contribution in [0.5, 0.6) is 11.5 Å². The van der Waals surface area contributed by atoms with Gasteiger partial charge in [-0.15, -0.1) is 0 Å². The summed E-state index contributed by atoms with van der Waals surface area (Å²) in [4.78, 5) is 0. The SMILES string of the molecule is CC(C)(C(F)=CCc1ccc(F)c(Oc2ccccc2)c1)c1ccc(Cl)cc1. The Hall–Kier alpha value is -2.65. The maximum Gasteiger partial charge on any atom is 0.165 e. The van der Waals surface area contributed by atoms with Crippen molar-refractivity contribution in [3.05, 3.63) is 107 Å². The highest BCUT2D eigenvalue weighted by molar-refractivity contribution is 6.30. The van der Waals surface area contributed by atoms with Gasteiger partial charge in [-0.2, -0.15) is 0 Å². The summed E-state index contributed by atoms with van der Waals surface area (Å²) in [6, 6.07) is 20.7. The fourth-order valence-corrected chi connectivity index (χ4v) is 2.96. The molecule has 0 aliphatic carbocycles. The van der Waals surface area contributed by atoms with Crippen molar-refractivity contribution < 1.29 is 13.5 Å². The summed E-state index contributed by atoms with van der Waals surface area (Å²) < 4.78 is 34.6. The molecule has 0 aromatic heterocycles. The molecular weight excluding hydrogens is 378 g/mol. The van der Waals surface area contributed by atoms with Gasteiger partial charge in [-0.1, -0.05) is 48.0 Å². The van der Waals surface area contributed by atoms with Crippen LogP contribution in [0, 0.1) is 5.82 Å². The Morgan fingerprint density at radius 2 is 1.68 bits per heavy atom. The maximum atomic E-state index is 14.9. The summed E-state index contributed by atoms with van der Waals surface area (Å²) in [6.07, 6.45) is 1.85. The first kappa shape index (κ1) is 20.1. The first-order chi connectivity index (χ1) is 13.4. The van der Waals surface area contributed by atoms with E-state index in [1.807, 2.05) is 44.2 Å². The van der Waals surface area contributed by atoms with Gasteiger partial charge in [0.2, 0.25) is 0 Å². The molecule has 1 nitrogen and oxygen atoms in total. The Balaban J connectivity index is 1.77. The number of para-hydroxylation sites is 1. The van der Waals surface area contributed by atoms with Crippen molar-refractivity contribution >= 4 is 11.6 Å². The van der Waals surface area contributed by atoms with Gasteiger partial charge in [0.25, 0.3) is 0 Å². The average molecular weight is 399 g/mol. The molecular formula is C24H21ClF2O. The topological polar surface area (TPSA) is 9.23 Å². The smallest absolute Gasteiger partial charge is 0.165 e. The van der Waals surface area contributed by atoms with Crippen molar-refractivity contribution in [3.63, 3.8) is 0 Å². The average Bonchev–Trinajstić information content (AvgIpc) is 2.69. The minimum absolute atomic E-state index is 0.120. The minimum Gasteiger partial charge on any atom is -0.454 e. The third kappa shape index (κ3) is 4.79. The second-order valence-corrected chi connectivity index (χ2v) is 7.50. The molecule has 0 fully saturated rings. The zero-order chi connectivity index (χ0) is 20.1. The van der Waals surface area contributed by atoms with Crippen molar-refractivity contribution in [2.75, 3.05) is 0 Å². The molecule has 28 heavy (non-hydrogen) atoms. The van der Waals surface area contributed by atoms with Gasteiger partial charge in [0.15, 0.2) is 11.6 Å². The molecule has 0 spiro atoms. The zero-order valence-corrected chi connectivity index (χ0v) is 16.5. The van der Waals surface area contributed by atoms with Gasteiger partial charge in [-0.3, -0.25) is 0 Å². The lowest BCUT2D eigenvalue weighted by molar-refractivity contribution is 0.441. The van der Waals surface area contributed by atoms with Gasteiger partial charge < -0.3 is 4.74 Å². The molecule has 3 aromatic carbocycles. The van der Waals surface area contributed by atoms with Crippen LogP contribution in [0.3, 0.4) is 0 Å². The molecule has 0 amide bonds. The Labute approximate surface area is 169 Å². The summed E-state index contributed by atoms with van der Waals surface area (Å²) in [5, 5.41) is 0.612. The van der Waals surface area contributed by atoms with Crippen LogP contribution in [-0.4, -0.2) is 0 Å². The number of hydrogen-bond acceptors (Lipinski definition) is 1. The van der Waals surface area contributed by atoms with E-state index in [1.165, 1.54) is 12.1 Å². The van der Waals surface area contributed by atoms with Crippen LogP contribution in [-0.2, 0) is 11.8 Å². The number of benzene rings is 3. The second kappa shape index (κ2) is 8.57. The molecule has 4 heteroatoms. The molecule has 0 bridgehead atoms. The van der Waals surface area contributed by atoms with Crippen LogP contribution in [0.4, 0.5) is 8.78 Å². The Bertz CT molecular complexity index is 964. The number of allylic oxidation sites excluding steroid dienone is 2. The minimum atomic E-state index is -0.784. The largest absolute Gasteiger partial charge is 0.454 e. The number of rotatable bonds is 6. The molecule has 3 aromatic rings. The first-order valence-electron chi connectivity index (χ1n) is 9.00. The van der Waals surface area contributed by atoms with E-state index in [-0.39, 0.29) is 11.6 Å². The van der Waals surface area contributed by atoms with Gasteiger partial charge >= 0.3 is 0 Å². The molecule has 3 rings (SSSR count). The van der Waals surface area contributed by atoms with Crippen LogP contribution in [0.15, 0.2) is 84.7 Å². The van der Waals surface area contributed by atoms with E-state index >= 15 is 0 Å². The van der Waals surface area contributed by atoms with Gasteiger partial charge in [-0.05, 0) is 73.9 Å². The summed E-state index contributed by atoms with van der Waals surface area (Å²) in [5.74, 6) is -0.0539.